The van der Waals surface area contributed by atoms with Crippen molar-refractivity contribution in [1.29, 1.82) is 0 Å². The first-order chi connectivity index (χ1) is 38.4. The van der Waals surface area contributed by atoms with Crippen molar-refractivity contribution in [1.82, 2.24) is 19.6 Å². The van der Waals surface area contributed by atoms with E-state index in [1.54, 1.807) is 44.6 Å². The molecule has 3 heterocycles. The molecule has 2 saturated carbocycles. The molecule has 13 heteroatoms. The third kappa shape index (κ3) is 14.8. The number of ether oxygens (including phenoxy) is 3. The second-order valence-corrected chi connectivity index (χ2v) is 24.1. The van der Waals surface area contributed by atoms with E-state index in [4.69, 9.17) is 14.2 Å². The first kappa shape index (κ1) is 60.6. The van der Waals surface area contributed by atoms with Crippen molar-refractivity contribution in [2.24, 2.45) is 11.8 Å². The Morgan fingerprint density at radius 3 is 2.15 bits per heavy atom. The number of hydrogen-bond donors (Lipinski definition) is 6. The van der Waals surface area contributed by atoms with Crippen LogP contribution >= 0.6 is 0 Å². The maximum Gasteiger partial charge on any atom is 0.165 e. The third-order valence-corrected chi connectivity index (χ3v) is 17.7. The van der Waals surface area contributed by atoms with E-state index < -0.39 is 23.4 Å². The van der Waals surface area contributed by atoms with Crippen LogP contribution in [0.2, 0.25) is 0 Å². The number of aromatic hydroxyl groups is 2. The average molecular weight is 1100 g/mol. The van der Waals surface area contributed by atoms with Crippen LogP contribution in [0.25, 0.3) is 0 Å². The van der Waals surface area contributed by atoms with Crippen LogP contribution in [-0.4, -0.2) is 151 Å². The number of hydrogen-bond acceptors (Lipinski definition) is 13. The van der Waals surface area contributed by atoms with Crippen molar-refractivity contribution in [2.75, 3.05) is 82.2 Å². The maximum absolute atomic E-state index is 11.2. The van der Waals surface area contributed by atoms with E-state index in [1.807, 2.05) is 85.8 Å². The van der Waals surface area contributed by atoms with E-state index >= 15 is 0 Å². The summed E-state index contributed by atoms with van der Waals surface area (Å²) in [6, 6.07) is 36.2. The van der Waals surface area contributed by atoms with Gasteiger partial charge in [-0.15, -0.1) is 0 Å². The normalized spacial score (nSPS) is 27.0. The van der Waals surface area contributed by atoms with Crippen LogP contribution in [0.5, 0.6) is 28.7 Å². The van der Waals surface area contributed by atoms with E-state index in [0.717, 1.165) is 105 Å². The first-order valence-electron chi connectivity index (χ1n) is 29.3. The minimum Gasteiger partial charge on any atom is -0.508 e. The Morgan fingerprint density at radius 1 is 0.725 bits per heavy atom. The van der Waals surface area contributed by atoms with Crippen molar-refractivity contribution in [3.8, 4) is 28.7 Å². The fourth-order valence-electron chi connectivity index (χ4n) is 13.7. The molecule has 0 aromatic heterocycles. The lowest BCUT2D eigenvalue weighted by atomic mass is 9.71. The summed E-state index contributed by atoms with van der Waals surface area (Å²) in [5, 5.41) is 62.0. The van der Waals surface area contributed by atoms with Crippen LogP contribution in [0, 0.1) is 11.8 Å². The fourth-order valence-corrected chi connectivity index (χ4v) is 13.7. The van der Waals surface area contributed by atoms with E-state index in [-0.39, 0.29) is 23.8 Å². The molecule has 0 radical (unpaired) electrons. The Morgan fingerprint density at radius 2 is 1.44 bits per heavy atom. The second-order valence-electron chi connectivity index (χ2n) is 24.1. The summed E-state index contributed by atoms with van der Waals surface area (Å²) in [6.45, 7) is 7.21. The van der Waals surface area contributed by atoms with Gasteiger partial charge in [-0.2, -0.15) is 0 Å². The number of β-amino-alcohol motifs (C(OH)–C–C–N with tert-alkyl or cyclic N) is 1. The monoisotopic (exact) mass is 1100 g/mol. The molecule has 5 aromatic carbocycles. The fraction of sp³-hybridized carbons (Fsp3) is 0.522. The van der Waals surface area contributed by atoms with Crippen molar-refractivity contribution >= 4 is 0 Å². The van der Waals surface area contributed by atoms with Crippen LogP contribution in [0.4, 0.5) is 0 Å². The lowest BCUT2D eigenvalue weighted by molar-refractivity contribution is -0.0649. The summed E-state index contributed by atoms with van der Waals surface area (Å²) in [5.41, 5.74) is 6.30. The summed E-state index contributed by atoms with van der Waals surface area (Å²) in [7, 11) is 13.9. The highest BCUT2D eigenvalue weighted by atomic mass is 16.5. The second kappa shape index (κ2) is 27.5. The number of likely N-dealkylation sites (tertiary alicyclic amines) is 1. The lowest BCUT2D eigenvalue weighted by Gasteiger charge is -2.43. The smallest absolute Gasteiger partial charge is 0.165 e. The summed E-state index contributed by atoms with van der Waals surface area (Å²) < 4.78 is 16.9. The molecule has 0 spiro atoms. The number of nitrogens with zero attached hydrogens (tertiary/aromatic N) is 4. The molecule has 3 aliphatic carbocycles. The zero-order valence-corrected chi connectivity index (χ0v) is 48.9. The number of methoxy groups -OCH3 is 2. The molecule has 6 aliphatic rings. The molecule has 11 rings (SSSR count). The van der Waals surface area contributed by atoms with Gasteiger partial charge in [-0.1, -0.05) is 105 Å². The number of phenolic OH excluding ortho intramolecular Hbond substituents is 2. The van der Waals surface area contributed by atoms with Crippen molar-refractivity contribution in [3.05, 3.63) is 160 Å². The standard InChI is InChI=1S/C20H25NO3.C16H19NO3.C16H25NO2.C15H23NO/c1-15(19(23)16-8-10-18(22)11-9-16)21-13-5-12-20(24,14-21)17-6-3-2-4-7-17;1-17-7-9-3-4-12(19-2)16-15(9)14-10(8-17)5-11(18)6-13(14)20-16;1-17(2)12-14-7-4-5-10-16(14,18)13-8-6-9-15(11-13)19-3;1-16(2)11-13-6-3-4-9-15(13)12-7-5-8-14(17)10-12/h2-4,6-11,15,19,22-24H,5,12-14H2,1H3;3-5,11,13-14,18H,6-8H2,1-2H3;6,8-9,11,14,18H,4-5,7,10,12H2,1-3H3;5,7-8,10,13,15,17H,3-4,6,9,11H2,1-2H3/t15-,19-,20?;11-,13+,14?;14-,16+;13?,15-/m1001/s1. The molecule has 10 atom stereocenters. The number of piperidine rings is 1. The minimum atomic E-state index is -0.873. The van der Waals surface area contributed by atoms with Gasteiger partial charge in [0.25, 0.3) is 0 Å². The Hall–Kier alpha value is -5.48. The van der Waals surface area contributed by atoms with Gasteiger partial charge < -0.3 is 54.6 Å². The van der Waals surface area contributed by atoms with Gasteiger partial charge in [-0.25, -0.2) is 0 Å². The Bertz CT molecular complexity index is 2770. The number of aliphatic hydroxyl groups excluding tert-OH is 2. The lowest BCUT2D eigenvalue weighted by Crippen LogP contribution is -2.50. The summed E-state index contributed by atoms with van der Waals surface area (Å²) in [6.07, 6.45) is 12.8. The van der Waals surface area contributed by atoms with Gasteiger partial charge in [0.15, 0.2) is 11.5 Å². The zero-order chi connectivity index (χ0) is 57.1. The SMILES string of the molecule is CN(C)CC1CCCC[C@@H]1c1cccc(O)c1.COc1ccc2c3c1O[C@@H]1C[C@@H](O)C=C(CN(C)C2)C31.COc1cccc([C@]2(O)CCCC[C@H]2CN(C)C)c1.C[C@H]([C@@H](O)c1ccc(O)cc1)N1CCCC(O)(c2ccccc2)C1. The predicted octanol–water partition coefficient (Wildman–Crippen LogP) is 10.3. The van der Waals surface area contributed by atoms with Gasteiger partial charge in [0.2, 0.25) is 0 Å². The van der Waals surface area contributed by atoms with Gasteiger partial charge in [0.1, 0.15) is 29.0 Å². The molecule has 6 N–H and O–H groups in total. The number of aliphatic hydroxyl groups is 4. The average Bonchev–Trinajstić information content (AvgIpc) is 3.85. The van der Waals surface area contributed by atoms with Gasteiger partial charge >= 0.3 is 0 Å². The number of rotatable bonds is 12. The van der Waals surface area contributed by atoms with Gasteiger partial charge in [-0.05, 0) is 175 Å². The minimum absolute atomic E-state index is 0.0431. The third-order valence-electron chi connectivity index (χ3n) is 17.7. The highest BCUT2D eigenvalue weighted by molar-refractivity contribution is 5.59. The predicted molar refractivity (Wildman–Crippen MR) is 318 cm³/mol. The highest BCUT2D eigenvalue weighted by Gasteiger charge is 2.45. The highest BCUT2D eigenvalue weighted by Crippen LogP contribution is 2.53. The summed E-state index contributed by atoms with van der Waals surface area (Å²) >= 11 is 0. The Labute approximate surface area is 477 Å². The van der Waals surface area contributed by atoms with Gasteiger partial charge in [0, 0.05) is 62.6 Å². The van der Waals surface area contributed by atoms with Crippen molar-refractivity contribution in [3.63, 3.8) is 0 Å². The molecule has 434 valence electrons. The van der Waals surface area contributed by atoms with Gasteiger partial charge in [-0.3, -0.25) is 9.80 Å². The molecule has 0 bridgehead atoms. The summed E-state index contributed by atoms with van der Waals surface area (Å²) in [4.78, 5) is 8.89. The largest absolute Gasteiger partial charge is 0.508 e. The van der Waals surface area contributed by atoms with E-state index in [2.05, 4.69) is 67.0 Å². The molecule has 3 unspecified atom stereocenters. The molecule has 0 amide bonds. The quantitative estimate of drug-likeness (QED) is 0.0656. The van der Waals surface area contributed by atoms with Gasteiger partial charge in [0.05, 0.1) is 32.0 Å². The maximum atomic E-state index is 11.2. The number of likely N-dealkylation sites (N-methyl/N-ethyl adjacent to an activating group) is 1. The Balaban J connectivity index is 0.000000141. The van der Waals surface area contributed by atoms with Crippen LogP contribution in [0.1, 0.15) is 129 Å². The molecule has 1 saturated heterocycles. The van der Waals surface area contributed by atoms with E-state index in [0.29, 0.717) is 30.6 Å². The van der Waals surface area contributed by atoms with Crippen molar-refractivity contribution < 1.29 is 44.8 Å². The summed E-state index contributed by atoms with van der Waals surface area (Å²) in [5.74, 6) is 5.03. The number of phenols is 2. The van der Waals surface area contributed by atoms with Crippen LogP contribution in [0.15, 0.2) is 127 Å². The topological polar surface area (TPSA) is 162 Å². The van der Waals surface area contributed by atoms with Crippen LogP contribution in [-0.2, 0) is 17.7 Å². The molecule has 13 nitrogen and oxygen atoms in total. The number of benzene rings is 5. The molecule has 5 aromatic rings. The van der Waals surface area contributed by atoms with E-state index in [1.165, 1.54) is 54.4 Å². The van der Waals surface area contributed by atoms with Crippen molar-refractivity contribution in [2.45, 2.75) is 131 Å². The molecular formula is C67H92N4O9. The molecule has 80 heavy (non-hydrogen) atoms. The van der Waals surface area contributed by atoms with E-state index in [9.17, 15) is 30.6 Å². The Kier molecular flexibility index (Phi) is 20.9. The van der Waals surface area contributed by atoms with Crippen LogP contribution in [0.3, 0.4) is 0 Å². The molecular weight excluding hydrogens is 1000 g/mol. The first-order valence-corrected chi connectivity index (χ1v) is 29.3. The van der Waals surface area contributed by atoms with Crippen LogP contribution < -0.4 is 14.2 Å². The zero-order valence-electron chi connectivity index (χ0n) is 48.9. The molecule has 3 fully saturated rings. The molecule has 3 aliphatic heterocycles.